The Morgan fingerprint density at radius 2 is 1.47 bits per heavy atom. The molecule has 2 aromatic rings. The maximum Gasteiger partial charge on any atom is 0.407 e. The van der Waals surface area contributed by atoms with Crippen molar-refractivity contribution in [1.82, 2.24) is 16.0 Å². The van der Waals surface area contributed by atoms with Gasteiger partial charge in [0.05, 0.1) is 6.54 Å². The molecule has 0 heterocycles. The number of amides is 3. The van der Waals surface area contributed by atoms with Crippen LogP contribution >= 0.6 is 0 Å². The number of carboxylic acid groups (broad SMARTS) is 1. The number of ether oxygens (including phenoxy) is 1. The monoisotopic (exact) mass is 467 g/mol. The SMILES string of the molecule is CC(C)(C)C(NC(=O)OCC1c2ccccc2-c2ccccc21)C(=O)NCC(=O)NCC(=O)O. The van der Waals surface area contributed by atoms with Crippen molar-refractivity contribution in [3.63, 3.8) is 0 Å². The zero-order valence-electron chi connectivity index (χ0n) is 19.4. The van der Waals surface area contributed by atoms with E-state index in [4.69, 9.17) is 9.84 Å². The third-order valence-electron chi connectivity index (χ3n) is 5.59. The van der Waals surface area contributed by atoms with E-state index in [-0.39, 0.29) is 12.5 Å². The molecule has 0 saturated carbocycles. The number of benzene rings is 2. The van der Waals surface area contributed by atoms with Crippen LogP contribution in [0, 0.1) is 5.41 Å². The molecule has 4 N–H and O–H groups in total. The fraction of sp³-hybridized carbons (Fsp3) is 0.360. The molecule has 9 heteroatoms. The minimum Gasteiger partial charge on any atom is -0.480 e. The van der Waals surface area contributed by atoms with E-state index in [1.54, 1.807) is 20.8 Å². The first kappa shape index (κ1) is 24.8. The van der Waals surface area contributed by atoms with E-state index in [1.807, 2.05) is 48.5 Å². The molecule has 3 rings (SSSR count). The number of nitrogens with one attached hydrogen (secondary N) is 3. The molecule has 0 radical (unpaired) electrons. The molecule has 2 aromatic carbocycles. The van der Waals surface area contributed by atoms with Gasteiger partial charge in [-0.2, -0.15) is 0 Å². The van der Waals surface area contributed by atoms with E-state index in [0.717, 1.165) is 22.3 Å². The Balaban J connectivity index is 1.61. The zero-order chi connectivity index (χ0) is 24.9. The zero-order valence-corrected chi connectivity index (χ0v) is 19.4. The molecule has 0 aromatic heterocycles. The molecule has 0 aliphatic heterocycles. The van der Waals surface area contributed by atoms with E-state index in [1.165, 1.54) is 0 Å². The Hall–Kier alpha value is -3.88. The number of alkyl carbamates (subject to hydrolysis) is 1. The van der Waals surface area contributed by atoms with Gasteiger partial charge in [0.1, 0.15) is 19.2 Å². The summed E-state index contributed by atoms with van der Waals surface area (Å²) < 4.78 is 5.53. The number of carbonyl (C=O) groups excluding carboxylic acids is 3. The number of carboxylic acids is 1. The lowest BCUT2D eigenvalue weighted by Gasteiger charge is -2.30. The Kier molecular flexibility index (Phi) is 7.55. The van der Waals surface area contributed by atoms with Crippen LogP contribution in [0.4, 0.5) is 4.79 Å². The van der Waals surface area contributed by atoms with Gasteiger partial charge < -0.3 is 25.8 Å². The van der Waals surface area contributed by atoms with Crippen LogP contribution in [0.3, 0.4) is 0 Å². The largest absolute Gasteiger partial charge is 0.480 e. The molecule has 0 saturated heterocycles. The Morgan fingerprint density at radius 3 is 2.00 bits per heavy atom. The lowest BCUT2D eigenvalue weighted by molar-refractivity contribution is -0.137. The van der Waals surface area contributed by atoms with Crippen molar-refractivity contribution in [1.29, 1.82) is 0 Å². The normalized spacial score (nSPS) is 13.3. The third-order valence-corrected chi connectivity index (χ3v) is 5.59. The lowest BCUT2D eigenvalue weighted by atomic mass is 9.86. The summed E-state index contributed by atoms with van der Waals surface area (Å²) in [5.74, 6) is -2.53. The van der Waals surface area contributed by atoms with E-state index in [2.05, 4.69) is 16.0 Å². The van der Waals surface area contributed by atoms with Gasteiger partial charge in [-0.25, -0.2) is 4.79 Å². The van der Waals surface area contributed by atoms with Gasteiger partial charge >= 0.3 is 12.1 Å². The molecule has 1 unspecified atom stereocenters. The summed E-state index contributed by atoms with van der Waals surface area (Å²) in [6.45, 7) is 4.46. The van der Waals surface area contributed by atoms with Gasteiger partial charge in [-0.15, -0.1) is 0 Å². The van der Waals surface area contributed by atoms with Gasteiger partial charge in [0.25, 0.3) is 0 Å². The molecular weight excluding hydrogens is 438 g/mol. The van der Waals surface area contributed by atoms with Gasteiger partial charge in [-0.05, 0) is 27.7 Å². The molecular formula is C25H29N3O6. The van der Waals surface area contributed by atoms with Crippen molar-refractivity contribution in [2.24, 2.45) is 5.41 Å². The maximum absolute atomic E-state index is 12.7. The highest BCUT2D eigenvalue weighted by atomic mass is 16.5. The van der Waals surface area contributed by atoms with Crippen molar-refractivity contribution in [3.8, 4) is 11.1 Å². The van der Waals surface area contributed by atoms with Crippen LogP contribution in [0.1, 0.15) is 37.8 Å². The number of hydrogen-bond donors (Lipinski definition) is 4. The predicted octanol–water partition coefficient (Wildman–Crippen LogP) is 2.26. The molecule has 9 nitrogen and oxygen atoms in total. The number of hydrogen-bond acceptors (Lipinski definition) is 5. The first-order valence-corrected chi connectivity index (χ1v) is 11.0. The molecule has 3 amide bonds. The second-order valence-electron chi connectivity index (χ2n) is 9.16. The van der Waals surface area contributed by atoms with Crippen LogP contribution in [0.15, 0.2) is 48.5 Å². The van der Waals surface area contributed by atoms with Crippen molar-refractivity contribution >= 4 is 23.9 Å². The Labute approximate surface area is 197 Å². The highest BCUT2D eigenvalue weighted by molar-refractivity contribution is 5.90. The first-order valence-electron chi connectivity index (χ1n) is 11.0. The van der Waals surface area contributed by atoms with E-state index >= 15 is 0 Å². The maximum atomic E-state index is 12.7. The van der Waals surface area contributed by atoms with Crippen molar-refractivity contribution < 1.29 is 29.0 Å². The molecule has 34 heavy (non-hydrogen) atoms. The van der Waals surface area contributed by atoms with Crippen LogP contribution in [-0.4, -0.2) is 54.7 Å². The molecule has 1 aliphatic rings. The van der Waals surface area contributed by atoms with Crippen LogP contribution in [-0.2, 0) is 19.1 Å². The van der Waals surface area contributed by atoms with Crippen LogP contribution in [0.2, 0.25) is 0 Å². The van der Waals surface area contributed by atoms with Gasteiger partial charge in [-0.3, -0.25) is 14.4 Å². The highest BCUT2D eigenvalue weighted by Gasteiger charge is 2.34. The number of fused-ring (bicyclic) bond motifs is 3. The fourth-order valence-corrected chi connectivity index (χ4v) is 3.94. The highest BCUT2D eigenvalue weighted by Crippen LogP contribution is 2.44. The summed E-state index contributed by atoms with van der Waals surface area (Å²) in [5.41, 5.74) is 3.70. The minimum atomic E-state index is -1.19. The van der Waals surface area contributed by atoms with Gasteiger partial charge in [0, 0.05) is 5.92 Å². The molecule has 1 atom stereocenters. The predicted molar refractivity (Wildman–Crippen MR) is 125 cm³/mol. The van der Waals surface area contributed by atoms with E-state index < -0.39 is 48.4 Å². The Morgan fingerprint density at radius 1 is 0.912 bits per heavy atom. The standard InChI is InChI=1S/C25H29N3O6/c1-25(2,3)22(23(32)27-12-20(29)26-13-21(30)31)28-24(33)34-14-19-17-10-6-4-8-15(17)16-9-5-7-11-18(16)19/h4-11,19,22H,12-14H2,1-3H3,(H,26,29)(H,27,32)(H,28,33)(H,30,31). The molecule has 0 bridgehead atoms. The molecule has 180 valence electrons. The van der Waals surface area contributed by atoms with Crippen molar-refractivity contribution in [2.45, 2.75) is 32.7 Å². The third kappa shape index (κ3) is 5.92. The summed E-state index contributed by atoms with van der Waals surface area (Å²) in [6.07, 6.45) is -0.743. The first-order chi connectivity index (χ1) is 16.1. The summed E-state index contributed by atoms with van der Waals surface area (Å²) >= 11 is 0. The number of rotatable bonds is 8. The average Bonchev–Trinajstić information content (AvgIpc) is 3.11. The summed E-state index contributed by atoms with van der Waals surface area (Å²) in [7, 11) is 0. The quantitative estimate of drug-likeness (QED) is 0.471. The molecule has 1 aliphatic carbocycles. The van der Waals surface area contributed by atoms with Crippen molar-refractivity contribution in [3.05, 3.63) is 59.7 Å². The minimum absolute atomic E-state index is 0.107. The second kappa shape index (κ2) is 10.4. The van der Waals surface area contributed by atoms with Crippen LogP contribution in [0.25, 0.3) is 11.1 Å². The average molecular weight is 468 g/mol. The van der Waals surface area contributed by atoms with Crippen LogP contribution in [0.5, 0.6) is 0 Å². The topological polar surface area (TPSA) is 134 Å². The van der Waals surface area contributed by atoms with Gasteiger partial charge in [0.2, 0.25) is 11.8 Å². The van der Waals surface area contributed by atoms with Crippen molar-refractivity contribution in [2.75, 3.05) is 19.7 Å². The Bertz CT molecular complexity index is 1050. The fourth-order valence-electron chi connectivity index (χ4n) is 3.94. The van der Waals surface area contributed by atoms with Crippen LogP contribution < -0.4 is 16.0 Å². The van der Waals surface area contributed by atoms with Gasteiger partial charge in [-0.1, -0.05) is 69.3 Å². The van der Waals surface area contributed by atoms with Gasteiger partial charge in [0.15, 0.2) is 0 Å². The smallest absolute Gasteiger partial charge is 0.407 e. The second-order valence-corrected chi connectivity index (χ2v) is 9.16. The molecule has 0 spiro atoms. The summed E-state index contributed by atoms with van der Waals surface area (Å²) in [5, 5.41) is 15.8. The molecule has 0 fully saturated rings. The lowest BCUT2D eigenvalue weighted by Crippen LogP contribution is -2.55. The summed E-state index contributed by atoms with van der Waals surface area (Å²) in [6, 6.07) is 15.0. The number of aliphatic carboxylic acids is 1. The van der Waals surface area contributed by atoms with E-state index in [9.17, 15) is 19.2 Å². The summed E-state index contributed by atoms with van der Waals surface area (Å²) in [4.78, 5) is 47.5. The number of carbonyl (C=O) groups is 4. The van der Waals surface area contributed by atoms with E-state index in [0.29, 0.717) is 0 Å².